The number of nitrogens with two attached hydrogens (primary N) is 1. The average Bonchev–Trinajstić information content (AvgIpc) is 2.43. The smallest absolute Gasteiger partial charge is 0.129 e. The van der Waals surface area contributed by atoms with Crippen LogP contribution in [0.5, 0.6) is 11.5 Å². The Bertz CT molecular complexity index is 555. The van der Waals surface area contributed by atoms with Crippen LogP contribution in [0.15, 0.2) is 42.5 Å². The monoisotopic (exact) mass is 279 g/mol. The van der Waals surface area contributed by atoms with E-state index in [1.165, 1.54) is 0 Å². The van der Waals surface area contributed by atoms with Gasteiger partial charge in [-0.25, -0.2) is 8.78 Å². The molecule has 0 fully saturated rings. The first-order chi connectivity index (χ1) is 9.69. The topological polar surface area (TPSA) is 44.5 Å². The SMILES string of the molecule is NCc1ccccc1OCCOc1cc(F)cc(F)c1. The molecule has 0 saturated heterocycles. The van der Waals surface area contributed by atoms with E-state index in [2.05, 4.69) is 0 Å². The molecule has 2 rings (SSSR count). The van der Waals surface area contributed by atoms with Crippen LogP contribution < -0.4 is 15.2 Å². The number of hydrogen-bond donors (Lipinski definition) is 1. The minimum absolute atomic E-state index is 0.137. The average molecular weight is 279 g/mol. The molecule has 0 aliphatic rings. The summed E-state index contributed by atoms with van der Waals surface area (Å²) in [7, 11) is 0. The molecule has 3 nitrogen and oxygen atoms in total. The summed E-state index contributed by atoms with van der Waals surface area (Å²) in [6, 6.07) is 10.4. The van der Waals surface area contributed by atoms with E-state index in [0.29, 0.717) is 12.3 Å². The summed E-state index contributed by atoms with van der Waals surface area (Å²) in [6.45, 7) is 0.823. The lowest BCUT2D eigenvalue weighted by Gasteiger charge is -2.11. The van der Waals surface area contributed by atoms with Crippen LogP contribution in [0.2, 0.25) is 0 Å². The highest BCUT2D eigenvalue weighted by molar-refractivity contribution is 5.33. The highest BCUT2D eigenvalue weighted by atomic mass is 19.1. The predicted octanol–water partition coefficient (Wildman–Crippen LogP) is 2.88. The molecule has 2 N–H and O–H groups in total. The molecule has 0 saturated carbocycles. The quantitative estimate of drug-likeness (QED) is 0.827. The second-order valence-corrected chi connectivity index (χ2v) is 4.11. The van der Waals surface area contributed by atoms with Crippen LogP contribution in [-0.4, -0.2) is 13.2 Å². The number of rotatable bonds is 6. The molecule has 0 unspecified atom stereocenters. The van der Waals surface area contributed by atoms with E-state index in [1.54, 1.807) is 0 Å². The maximum Gasteiger partial charge on any atom is 0.129 e. The third-order valence-corrected chi connectivity index (χ3v) is 2.64. The van der Waals surface area contributed by atoms with Gasteiger partial charge in [0, 0.05) is 30.3 Å². The molecular formula is C15H15F2NO2. The normalized spacial score (nSPS) is 10.3. The van der Waals surface area contributed by atoms with Gasteiger partial charge in [0.1, 0.15) is 36.3 Å². The van der Waals surface area contributed by atoms with Crippen LogP contribution in [-0.2, 0) is 6.54 Å². The fourth-order valence-corrected chi connectivity index (χ4v) is 1.74. The molecule has 0 amide bonds. The van der Waals surface area contributed by atoms with E-state index in [4.69, 9.17) is 15.2 Å². The van der Waals surface area contributed by atoms with Gasteiger partial charge in [-0.2, -0.15) is 0 Å². The molecule has 0 bridgehead atoms. The molecule has 0 aromatic heterocycles. The van der Waals surface area contributed by atoms with E-state index in [0.717, 1.165) is 23.8 Å². The van der Waals surface area contributed by atoms with Crippen molar-refractivity contribution < 1.29 is 18.3 Å². The Hall–Kier alpha value is -2.14. The number of halogens is 2. The second-order valence-electron chi connectivity index (χ2n) is 4.11. The summed E-state index contributed by atoms with van der Waals surface area (Å²) in [6.07, 6.45) is 0. The number of hydrogen-bond acceptors (Lipinski definition) is 3. The molecular weight excluding hydrogens is 264 g/mol. The van der Waals surface area contributed by atoms with Crippen molar-refractivity contribution in [2.75, 3.05) is 13.2 Å². The first-order valence-electron chi connectivity index (χ1n) is 6.18. The van der Waals surface area contributed by atoms with Gasteiger partial charge in [-0.15, -0.1) is 0 Å². The standard InChI is InChI=1S/C15H15F2NO2/c16-12-7-13(17)9-14(8-12)19-5-6-20-15-4-2-1-3-11(15)10-18/h1-4,7-9H,5-6,10,18H2. The van der Waals surface area contributed by atoms with Crippen LogP contribution in [0.25, 0.3) is 0 Å². The van der Waals surface area contributed by atoms with Crippen LogP contribution in [0.4, 0.5) is 8.78 Å². The van der Waals surface area contributed by atoms with Crippen LogP contribution in [0.3, 0.4) is 0 Å². The van der Waals surface area contributed by atoms with Gasteiger partial charge in [0.05, 0.1) is 0 Å². The third-order valence-electron chi connectivity index (χ3n) is 2.64. The van der Waals surface area contributed by atoms with Crippen molar-refractivity contribution in [2.45, 2.75) is 6.54 Å². The summed E-state index contributed by atoms with van der Waals surface area (Å²) in [4.78, 5) is 0. The van der Waals surface area contributed by atoms with Crippen LogP contribution in [0, 0.1) is 11.6 Å². The molecule has 2 aromatic rings. The van der Waals surface area contributed by atoms with E-state index < -0.39 is 11.6 Å². The predicted molar refractivity (Wildman–Crippen MR) is 71.7 cm³/mol. The van der Waals surface area contributed by atoms with Gasteiger partial charge in [-0.3, -0.25) is 0 Å². The van der Waals surface area contributed by atoms with Gasteiger partial charge < -0.3 is 15.2 Å². The zero-order chi connectivity index (χ0) is 14.4. The molecule has 0 radical (unpaired) electrons. The van der Waals surface area contributed by atoms with Gasteiger partial charge in [-0.05, 0) is 6.07 Å². The van der Waals surface area contributed by atoms with Gasteiger partial charge in [0.25, 0.3) is 0 Å². The number of benzene rings is 2. The minimum atomic E-state index is -0.672. The summed E-state index contributed by atoms with van der Waals surface area (Å²) >= 11 is 0. The van der Waals surface area contributed by atoms with Crippen molar-refractivity contribution in [3.8, 4) is 11.5 Å². The van der Waals surface area contributed by atoms with Crippen LogP contribution in [0.1, 0.15) is 5.56 Å². The summed E-state index contributed by atoms with van der Waals surface area (Å²) in [5.41, 5.74) is 6.48. The molecule has 0 aliphatic carbocycles. The maximum absolute atomic E-state index is 12.9. The lowest BCUT2D eigenvalue weighted by molar-refractivity contribution is 0.215. The fraction of sp³-hybridized carbons (Fsp3) is 0.200. The minimum Gasteiger partial charge on any atom is -0.490 e. The van der Waals surface area contributed by atoms with Crippen molar-refractivity contribution >= 4 is 0 Å². The Kier molecular flexibility index (Phi) is 4.90. The lowest BCUT2D eigenvalue weighted by Crippen LogP contribution is -2.11. The Morgan fingerprint density at radius 1 is 0.900 bits per heavy atom. The van der Waals surface area contributed by atoms with Crippen molar-refractivity contribution in [1.29, 1.82) is 0 Å². The van der Waals surface area contributed by atoms with E-state index >= 15 is 0 Å². The molecule has 0 spiro atoms. The van der Waals surface area contributed by atoms with E-state index in [-0.39, 0.29) is 19.0 Å². The maximum atomic E-state index is 12.9. The molecule has 5 heteroatoms. The molecule has 106 valence electrons. The van der Waals surface area contributed by atoms with Crippen molar-refractivity contribution in [3.63, 3.8) is 0 Å². The Morgan fingerprint density at radius 3 is 2.25 bits per heavy atom. The second kappa shape index (κ2) is 6.86. The number of para-hydroxylation sites is 1. The lowest BCUT2D eigenvalue weighted by atomic mass is 10.2. The molecule has 0 atom stereocenters. The van der Waals surface area contributed by atoms with Gasteiger partial charge in [-0.1, -0.05) is 18.2 Å². The fourth-order valence-electron chi connectivity index (χ4n) is 1.74. The zero-order valence-electron chi connectivity index (χ0n) is 10.8. The van der Waals surface area contributed by atoms with Crippen molar-refractivity contribution in [1.82, 2.24) is 0 Å². The summed E-state index contributed by atoms with van der Waals surface area (Å²) in [5, 5.41) is 0. The van der Waals surface area contributed by atoms with Crippen LogP contribution >= 0.6 is 0 Å². The highest BCUT2D eigenvalue weighted by Gasteiger charge is 2.03. The largest absolute Gasteiger partial charge is 0.490 e. The summed E-state index contributed by atoms with van der Waals surface area (Å²) in [5.74, 6) is -0.522. The Morgan fingerprint density at radius 2 is 1.55 bits per heavy atom. The Balaban J connectivity index is 1.84. The first-order valence-corrected chi connectivity index (χ1v) is 6.18. The van der Waals surface area contributed by atoms with Gasteiger partial charge in [0.15, 0.2) is 0 Å². The Labute approximate surface area is 115 Å². The zero-order valence-corrected chi connectivity index (χ0v) is 10.8. The number of ether oxygens (including phenoxy) is 2. The van der Waals surface area contributed by atoms with Crippen molar-refractivity contribution in [3.05, 3.63) is 59.7 Å². The third kappa shape index (κ3) is 3.93. The van der Waals surface area contributed by atoms with E-state index in [9.17, 15) is 8.78 Å². The van der Waals surface area contributed by atoms with Crippen molar-refractivity contribution in [2.24, 2.45) is 5.73 Å². The highest BCUT2D eigenvalue weighted by Crippen LogP contribution is 2.18. The van der Waals surface area contributed by atoms with E-state index in [1.807, 2.05) is 24.3 Å². The molecule has 0 aliphatic heterocycles. The molecule has 0 heterocycles. The summed E-state index contributed by atoms with van der Waals surface area (Å²) < 4.78 is 36.6. The van der Waals surface area contributed by atoms with Gasteiger partial charge >= 0.3 is 0 Å². The first kappa shape index (κ1) is 14.3. The molecule has 20 heavy (non-hydrogen) atoms. The van der Waals surface area contributed by atoms with Gasteiger partial charge in [0.2, 0.25) is 0 Å². The molecule has 2 aromatic carbocycles.